The van der Waals surface area contributed by atoms with Crippen molar-refractivity contribution in [1.82, 2.24) is 10.3 Å². The number of amides is 1. The Morgan fingerprint density at radius 3 is 2.11 bits per heavy atom. The van der Waals surface area contributed by atoms with E-state index in [0.717, 1.165) is 36.1 Å². The van der Waals surface area contributed by atoms with Gasteiger partial charge in [0.1, 0.15) is 11.9 Å². The molecular weight excluding hydrogens is 459 g/mol. The van der Waals surface area contributed by atoms with Crippen LogP contribution in [0, 0.1) is 0 Å². The third-order valence-electron chi connectivity index (χ3n) is 5.86. The maximum Gasteiger partial charge on any atom is 0.416 e. The maximum absolute atomic E-state index is 12.8. The standard InChI is InChI=1S/C26H24F3N3O3/c1-16(25(34)35)31-24(33)20-8-13-23(30-14-20)32(22-11-12-22)15-17-2-4-18(5-3-17)19-6-9-21(10-7-19)26(27,28)29/h2-10,13-14,16,22H,11-12,15H2,1H3,(H,31,33)(H,34,35). The SMILES string of the molecule is CC(NC(=O)c1ccc(N(Cc2ccc(-c3ccc(C(F)(F)F)cc3)cc2)C2CC2)nc1)C(=O)O. The van der Waals surface area contributed by atoms with Crippen molar-refractivity contribution in [3.05, 3.63) is 83.6 Å². The minimum Gasteiger partial charge on any atom is -0.480 e. The molecule has 9 heteroatoms. The van der Waals surface area contributed by atoms with Crippen LogP contribution in [0.3, 0.4) is 0 Å². The molecule has 2 aromatic carbocycles. The van der Waals surface area contributed by atoms with Crippen LogP contribution in [0.15, 0.2) is 66.9 Å². The van der Waals surface area contributed by atoms with E-state index in [1.165, 1.54) is 25.3 Å². The molecule has 1 amide bonds. The van der Waals surface area contributed by atoms with Gasteiger partial charge >= 0.3 is 12.1 Å². The van der Waals surface area contributed by atoms with Gasteiger partial charge in [-0.05, 0) is 60.7 Å². The number of rotatable bonds is 8. The van der Waals surface area contributed by atoms with E-state index in [9.17, 15) is 22.8 Å². The molecule has 0 saturated heterocycles. The molecule has 1 aliphatic carbocycles. The molecule has 0 radical (unpaired) electrons. The topological polar surface area (TPSA) is 82.5 Å². The smallest absolute Gasteiger partial charge is 0.416 e. The number of benzene rings is 2. The number of pyridine rings is 1. The number of aromatic nitrogens is 1. The van der Waals surface area contributed by atoms with Crippen LogP contribution in [-0.2, 0) is 17.5 Å². The second-order valence-electron chi connectivity index (χ2n) is 8.57. The Bertz CT molecular complexity index is 1190. The first-order valence-corrected chi connectivity index (χ1v) is 11.1. The number of hydrogen-bond acceptors (Lipinski definition) is 4. The van der Waals surface area contributed by atoms with E-state index >= 15 is 0 Å². The summed E-state index contributed by atoms with van der Waals surface area (Å²) in [5, 5.41) is 11.3. The van der Waals surface area contributed by atoms with Crippen LogP contribution in [0.4, 0.5) is 19.0 Å². The third kappa shape index (κ3) is 5.98. The molecule has 182 valence electrons. The highest BCUT2D eigenvalue weighted by Crippen LogP contribution is 2.33. The quantitative estimate of drug-likeness (QED) is 0.464. The fourth-order valence-electron chi connectivity index (χ4n) is 3.67. The largest absolute Gasteiger partial charge is 0.480 e. The molecule has 0 bridgehead atoms. The van der Waals surface area contributed by atoms with Gasteiger partial charge in [-0.2, -0.15) is 13.2 Å². The van der Waals surface area contributed by atoms with Crippen molar-refractivity contribution >= 4 is 17.7 Å². The van der Waals surface area contributed by atoms with Crippen LogP contribution in [-0.4, -0.2) is 34.1 Å². The number of aliphatic carboxylic acids is 1. The Labute approximate surface area is 200 Å². The number of alkyl halides is 3. The van der Waals surface area contributed by atoms with Gasteiger partial charge in [-0.3, -0.25) is 9.59 Å². The third-order valence-corrected chi connectivity index (χ3v) is 5.86. The number of carboxylic acids is 1. The van der Waals surface area contributed by atoms with Gasteiger partial charge in [0, 0.05) is 18.8 Å². The van der Waals surface area contributed by atoms with Crippen molar-refractivity contribution in [3.8, 4) is 11.1 Å². The zero-order chi connectivity index (χ0) is 25.2. The predicted octanol–water partition coefficient (Wildman–Crippen LogP) is 5.14. The first-order valence-electron chi connectivity index (χ1n) is 11.1. The number of carbonyl (C=O) groups is 2. The summed E-state index contributed by atoms with van der Waals surface area (Å²) in [6.45, 7) is 1.98. The molecule has 1 heterocycles. The number of anilines is 1. The molecule has 1 unspecified atom stereocenters. The van der Waals surface area contributed by atoms with Gasteiger partial charge in [-0.25, -0.2) is 4.98 Å². The minimum absolute atomic E-state index is 0.276. The Balaban J connectivity index is 1.44. The molecule has 2 N–H and O–H groups in total. The van der Waals surface area contributed by atoms with E-state index in [1.54, 1.807) is 12.1 Å². The van der Waals surface area contributed by atoms with Crippen LogP contribution in [0.1, 0.15) is 41.3 Å². The summed E-state index contributed by atoms with van der Waals surface area (Å²) < 4.78 is 38.4. The summed E-state index contributed by atoms with van der Waals surface area (Å²) in [5.74, 6) is -0.912. The molecule has 1 fully saturated rings. The molecule has 35 heavy (non-hydrogen) atoms. The second kappa shape index (κ2) is 9.77. The zero-order valence-corrected chi connectivity index (χ0v) is 18.9. The van der Waals surface area contributed by atoms with Gasteiger partial charge in [0.25, 0.3) is 5.91 Å². The average Bonchev–Trinajstić information content (AvgIpc) is 3.68. The molecule has 4 rings (SSSR count). The van der Waals surface area contributed by atoms with Crippen molar-refractivity contribution in [2.75, 3.05) is 4.90 Å². The first kappa shape index (κ1) is 24.3. The lowest BCUT2D eigenvalue weighted by atomic mass is 10.0. The van der Waals surface area contributed by atoms with Gasteiger partial charge < -0.3 is 15.3 Å². The molecule has 1 aromatic heterocycles. The normalized spacial score (nSPS) is 14.3. The van der Waals surface area contributed by atoms with Crippen molar-refractivity contribution < 1.29 is 27.9 Å². The highest BCUT2D eigenvalue weighted by atomic mass is 19.4. The van der Waals surface area contributed by atoms with Gasteiger partial charge in [0.2, 0.25) is 0 Å². The molecule has 1 atom stereocenters. The second-order valence-corrected chi connectivity index (χ2v) is 8.57. The Kier molecular flexibility index (Phi) is 6.77. The number of halogens is 3. The molecule has 1 aliphatic rings. The Morgan fingerprint density at radius 1 is 1.03 bits per heavy atom. The van der Waals surface area contributed by atoms with Crippen LogP contribution in [0.5, 0.6) is 0 Å². The number of carbonyl (C=O) groups excluding carboxylic acids is 1. The lowest BCUT2D eigenvalue weighted by Crippen LogP contribution is -2.38. The van der Waals surface area contributed by atoms with Gasteiger partial charge in [0.05, 0.1) is 11.1 Å². The maximum atomic E-state index is 12.8. The van der Waals surface area contributed by atoms with Crippen molar-refractivity contribution in [2.45, 2.75) is 44.6 Å². The van der Waals surface area contributed by atoms with E-state index in [0.29, 0.717) is 24.0 Å². The Hall–Kier alpha value is -3.88. The molecule has 6 nitrogen and oxygen atoms in total. The van der Waals surface area contributed by atoms with Crippen molar-refractivity contribution in [2.24, 2.45) is 0 Å². The summed E-state index contributed by atoms with van der Waals surface area (Å²) in [5.41, 5.74) is 2.15. The summed E-state index contributed by atoms with van der Waals surface area (Å²) >= 11 is 0. The molecule has 0 aliphatic heterocycles. The van der Waals surface area contributed by atoms with Crippen LogP contribution >= 0.6 is 0 Å². The van der Waals surface area contributed by atoms with E-state index in [1.807, 2.05) is 24.3 Å². The van der Waals surface area contributed by atoms with E-state index in [2.05, 4.69) is 15.2 Å². The lowest BCUT2D eigenvalue weighted by Gasteiger charge is -2.24. The number of nitrogens with zero attached hydrogens (tertiary/aromatic N) is 2. The first-order chi connectivity index (χ1) is 16.6. The summed E-state index contributed by atoms with van der Waals surface area (Å²) in [6.07, 6.45) is -0.864. The molecule has 1 saturated carbocycles. The van der Waals surface area contributed by atoms with Gasteiger partial charge in [0.15, 0.2) is 0 Å². The summed E-state index contributed by atoms with van der Waals surface area (Å²) in [6, 6.07) is 15.4. The molecule has 3 aromatic rings. The van der Waals surface area contributed by atoms with Crippen LogP contribution < -0.4 is 10.2 Å². The van der Waals surface area contributed by atoms with Crippen molar-refractivity contribution in [3.63, 3.8) is 0 Å². The summed E-state index contributed by atoms with van der Waals surface area (Å²) in [4.78, 5) is 29.7. The molecular formula is C26H24F3N3O3. The highest BCUT2D eigenvalue weighted by Gasteiger charge is 2.31. The fourth-order valence-corrected chi connectivity index (χ4v) is 3.67. The highest BCUT2D eigenvalue weighted by molar-refractivity contribution is 5.96. The number of carboxylic acid groups (broad SMARTS) is 1. The minimum atomic E-state index is -4.36. The van der Waals surface area contributed by atoms with Crippen molar-refractivity contribution in [1.29, 1.82) is 0 Å². The van der Waals surface area contributed by atoms with E-state index in [-0.39, 0.29) is 5.56 Å². The summed E-state index contributed by atoms with van der Waals surface area (Å²) in [7, 11) is 0. The zero-order valence-electron chi connectivity index (χ0n) is 18.9. The fraction of sp³-hybridized carbons (Fsp3) is 0.269. The van der Waals surface area contributed by atoms with Gasteiger partial charge in [-0.1, -0.05) is 36.4 Å². The monoisotopic (exact) mass is 483 g/mol. The average molecular weight is 483 g/mol. The van der Waals surface area contributed by atoms with Gasteiger partial charge in [-0.15, -0.1) is 0 Å². The number of nitrogens with one attached hydrogen (secondary N) is 1. The van der Waals surface area contributed by atoms with Crippen LogP contribution in [0.25, 0.3) is 11.1 Å². The predicted molar refractivity (Wildman–Crippen MR) is 125 cm³/mol. The van der Waals surface area contributed by atoms with E-state index in [4.69, 9.17) is 5.11 Å². The van der Waals surface area contributed by atoms with E-state index < -0.39 is 29.7 Å². The number of hydrogen-bond donors (Lipinski definition) is 2. The van der Waals surface area contributed by atoms with Crippen LogP contribution in [0.2, 0.25) is 0 Å². The lowest BCUT2D eigenvalue weighted by molar-refractivity contribution is -0.139. The Morgan fingerprint density at radius 2 is 1.63 bits per heavy atom. The molecule has 0 spiro atoms.